The molecule has 0 saturated carbocycles. The van der Waals surface area contributed by atoms with E-state index in [1.807, 2.05) is 10.6 Å². The number of rotatable bonds is 10. The highest BCUT2D eigenvalue weighted by atomic mass is 19.1. The molecular formula is C33H28F2N4O4. The third kappa shape index (κ3) is 6.32. The fourth-order valence-corrected chi connectivity index (χ4v) is 4.75. The fourth-order valence-electron chi connectivity index (χ4n) is 4.75. The molecule has 0 fully saturated rings. The molecule has 43 heavy (non-hydrogen) atoms. The number of anilines is 1. The molecule has 0 saturated heterocycles. The molecule has 0 atom stereocenters. The molecule has 218 valence electrons. The molecule has 0 bridgehead atoms. The Kier molecular flexibility index (Phi) is 8.64. The summed E-state index contributed by atoms with van der Waals surface area (Å²) in [4.78, 5) is 16.8. The number of methoxy groups -OCH3 is 2. The van der Waals surface area contributed by atoms with Crippen LogP contribution in [0.25, 0.3) is 22.2 Å². The van der Waals surface area contributed by atoms with Gasteiger partial charge in [0.25, 0.3) is 0 Å². The van der Waals surface area contributed by atoms with E-state index in [-0.39, 0.29) is 24.2 Å². The number of aromatic nitrogens is 2. The molecular weight excluding hydrogens is 554 g/mol. The van der Waals surface area contributed by atoms with Gasteiger partial charge in [-0.15, -0.1) is 0 Å². The normalized spacial score (nSPS) is 11.0. The first-order valence-electron chi connectivity index (χ1n) is 13.4. The largest absolute Gasteiger partial charge is 0.487 e. The molecule has 8 nitrogen and oxygen atoms in total. The lowest BCUT2D eigenvalue weighted by molar-refractivity contribution is 0.0601. The Morgan fingerprint density at radius 2 is 1.70 bits per heavy atom. The van der Waals surface area contributed by atoms with Crippen molar-refractivity contribution in [2.45, 2.75) is 19.6 Å². The summed E-state index contributed by atoms with van der Waals surface area (Å²) in [7, 11) is 2.92. The first kappa shape index (κ1) is 29.2. The molecule has 0 amide bonds. The minimum absolute atomic E-state index is 0.0936. The van der Waals surface area contributed by atoms with E-state index < -0.39 is 17.6 Å². The van der Waals surface area contributed by atoms with E-state index in [4.69, 9.17) is 30.2 Å². The minimum atomic E-state index is -0.550. The zero-order chi connectivity index (χ0) is 30.5. The summed E-state index contributed by atoms with van der Waals surface area (Å²) in [6.07, 6.45) is 0.213. The molecule has 1 aromatic heterocycles. The molecule has 0 radical (unpaired) electrons. The Hall–Kier alpha value is -5.27. The van der Waals surface area contributed by atoms with Crippen molar-refractivity contribution in [1.29, 1.82) is 5.26 Å². The average Bonchev–Trinajstić information content (AvgIpc) is 3.36. The standard InChI is InChI=1S/C33H28F2N4O4/c1-41-12-11-39-30-15-24(33(40)42-2)8-10-29(30)38-32(39)17-23-6-5-21(14-27(23)35)22-7-9-28(37)31(16-22)43-19-25-4-3-20(18-36)13-26(25)34/h3-10,13-16H,11-12,17,19,37H2,1-2H3. The number of esters is 1. The van der Waals surface area contributed by atoms with Crippen LogP contribution in [0.2, 0.25) is 0 Å². The molecule has 2 N–H and O–H groups in total. The molecule has 5 aromatic rings. The van der Waals surface area contributed by atoms with Crippen LogP contribution in [0.3, 0.4) is 0 Å². The van der Waals surface area contributed by atoms with Crippen LogP contribution in [0.4, 0.5) is 14.5 Å². The summed E-state index contributed by atoms with van der Waals surface area (Å²) in [6, 6.07) is 21.1. The molecule has 5 rings (SSSR count). The van der Waals surface area contributed by atoms with Crippen LogP contribution in [0.15, 0.2) is 72.8 Å². The Morgan fingerprint density at radius 3 is 2.42 bits per heavy atom. The van der Waals surface area contributed by atoms with Crippen LogP contribution < -0.4 is 10.5 Å². The molecule has 0 aliphatic heterocycles. The first-order valence-corrected chi connectivity index (χ1v) is 13.4. The lowest BCUT2D eigenvalue weighted by atomic mass is 10.0. The van der Waals surface area contributed by atoms with Crippen LogP contribution in [0.1, 0.15) is 32.9 Å². The van der Waals surface area contributed by atoms with Gasteiger partial charge in [-0.2, -0.15) is 5.26 Å². The van der Waals surface area contributed by atoms with Crippen molar-refractivity contribution >= 4 is 22.7 Å². The predicted octanol–water partition coefficient (Wildman–Crippen LogP) is 6.04. The molecule has 4 aromatic carbocycles. The smallest absolute Gasteiger partial charge is 0.337 e. The highest BCUT2D eigenvalue weighted by Gasteiger charge is 2.17. The monoisotopic (exact) mass is 582 g/mol. The number of halogens is 2. The highest BCUT2D eigenvalue weighted by Crippen LogP contribution is 2.31. The zero-order valence-corrected chi connectivity index (χ0v) is 23.6. The summed E-state index contributed by atoms with van der Waals surface area (Å²) in [5.74, 6) is -0.479. The number of nitriles is 1. The maximum Gasteiger partial charge on any atom is 0.337 e. The van der Waals surface area contributed by atoms with E-state index in [0.29, 0.717) is 58.2 Å². The second-order valence-corrected chi connectivity index (χ2v) is 9.81. The molecule has 0 spiro atoms. The second kappa shape index (κ2) is 12.7. The van der Waals surface area contributed by atoms with Crippen LogP contribution in [-0.4, -0.2) is 36.3 Å². The van der Waals surface area contributed by atoms with E-state index in [1.54, 1.807) is 55.6 Å². The maximum absolute atomic E-state index is 15.5. The van der Waals surface area contributed by atoms with E-state index in [2.05, 4.69) is 0 Å². The van der Waals surface area contributed by atoms with Gasteiger partial charge in [0.15, 0.2) is 0 Å². The number of hydrogen-bond acceptors (Lipinski definition) is 7. The number of fused-ring (bicyclic) bond motifs is 1. The van der Waals surface area contributed by atoms with Crippen LogP contribution in [0, 0.1) is 23.0 Å². The third-order valence-corrected chi connectivity index (χ3v) is 7.08. The van der Waals surface area contributed by atoms with E-state index in [9.17, 15) is 9.18 Å². The topological polar surface area (TPSA) is 112 Å². The molecule has 1 heterocycles. The number of nitrogens with zero attached hydrogens (tertiary/aromatic N) is 3. The van der Waals surface area contributed by atoms with Gasteiger partial charge < -0.3 is 24.5 Å². The fraction of sp³-hybridized carbons (Fsp3) is 0.182. The van der Waals surface area contributed by atoms with Crippen molar-refractivity contribution in [3.8, 4) is 22.9 Å². The number of ether oxygens (including phenoxy) is 3. The number of carbonyl (C=O) groups excluding carboxylic acids is 1. The number of nitrogen functional groups attached to an aromatic ring is 1. The second-order valence-electron chi connectivity index (χ2n) is 9.81. The lowest BCUT2D eigenvalue weighted by Gasteiger charge is -2.13. The van der Waals surface area contributed by atoms with Crippen molar-refractivity contribution in [3.63, 3.8) is 0 Å². The Bertz CT molecular complexity index is 1860. The van der Waals surface area contributed by atoms with Crippen molar-refractivity contribution in [2.75, 3.05) is 26.6 Å². The van der Waals surface area contributed by atoms with Gasteiger partial charge in [0.05, 0.1) is 47.6 Å². The number of hydrogen-bond donors (Lipinski definition) is 1. The van der Waals surface area contributed by atoms with Crippen LogP contribution in [-0.2, 0) is 29.0 Å². The van der Waals surface area contributed by atoms with Gasteiger partial charge in [-0.05, 0) is 65.2 Å². The summed E-state index contributed by atoms with van der Waals surface area (Å²) < 4.78 is 47.6. The van der Waals surface area contributed by atoms with Crippen molar-refractivity contribution in [2.24, 2.45) is 0 Å². The zero-order valence-electron chi connectivity index (χ0n) is 23.6. The van der Waals surface area contributed by atoms with Crippen LogP contribution >= 0.6 is 0 Å². The van der Waals surface area contributed by atoms with Gasteiger partial charge >= 0.3 is 5.97 Å². The summed E-state index contributed by atoms with van der Waals surface area (Å²) >= 11 is 0. The van der Waals surface area contributed by atoms with Gasteiger partial charge in [0.1, 0.15) is 29.8 Å². The SMILES string of the molecule is COCCn1c(Cc2ccc(-c3ccc(N)c(OCc4ccc(C#N)cc4F)c3)cc2F)nc2ccc(C(=O)OC)cc21. The number of carbonyl (C=O) groups is 1. The van der Waals surface area contributed by atoms with Gasteiger partial charge in [-0.3, -0.25) is 0 Å². The molecule has 0 aliphatic rings. The van der Waals surface area contributed by atoms with E-state index >= 15 is 4.39 Å². The number of benzene rings is 4. The number of nitrogens with two attached hydrogens (primary N) is 1. The van der Waals surface area contributed by atoms with Crippen LogP contribution in [0.5, 0.6) is 5.75 Å². The van der Waals surface area contributed by atoms with Gasteiger partial charge in [-0.25, -0.2) is 18.6 Å². The average molecular weight is 583 g/mol. The Balaban J connectivity index is 1.39. The molecule has 10 heteroatoms. The van der Waals surface area contributed by atoms with Gasteiger partial charge in [0.2, 0.25) is 0 Å². The molecule has 0 aliphatic carbocycles. The van der Waals surface area contributed by atoms with Crippen molar-refractivity contribution < 1.29 is 27.8 Å². The minimum Gasteiger partial charge on any atom is -0.487 e. The summed E-state index contributed by atoms with van der Waals surface area (Å²) in [6.45, 7) is 0.776. The quantitative estimate of drug-likeness (QED) is 0.158. The summed E-state index contributed by atoms with van der Waals surface area (Å²) in [5.41, 5.74) is 10.4. The first-order chi connectivity index (χ1) is 20.8. The number of imidazole rings is 1. The lowest BCUT2D eigenvalue weighted by Crippen LogP contribution is -2.10. The Morgan fingerprint density at radius 1 is 0.953 bits per heavy atom. The van der Waals surface area contributed by atoms with Crippen molar-refractivity contribution in [1.82, 2.24) is 9.55 Å². The third-order valence-electron chi connectivity index (χ3n) is 7.08. The predicted molar refractivity (Wildman–Crippen MR) is 157 cm³/mol. The van der Waals surface area contributed by atoms with E-state index in [0.717, 1.165) is 11.6 Å². The summed E-state index contributed by atoms with van der Waals surface area (Å²) in [5, 5.41) is 8.94. The van der Waals surface area contributed by atoms with Gasteiger partial charge in [-0.1, -0.05) is 24.3 Å². The highest BCUT2D eigenvalue weighted by molar-refractivity contribution is 5.93. The Labute approximate surface area is 246 Å². The molecule has 0 unspecified atom stereocenters. The maximum atomic E-state index is 15.5. The van der Waals surface area contributed by atoms with Gasteiger partial charge in [0, 0.05) is 25.6 Å². The van der Waals surface area contributed by atoms with E-state index in [1.165, 1.54) is 25.3 Å². The van der Waals surface area contributed by atoms with Crippen molar-refractivity contribution in [3.05, 3.63) is 113 Å².